The van der Waals surface area contributed by atoms with Crippen molar-refractivity contribution in [1.82, 2.24) is 4.98 Å². The van der Waals surface area contributed by atoms with Gasteiger partial charge < -0.3 is 4.42 Å². The van der Waals surface area contributed by atoms with Crippen LogP contribution >= 0.6 is 31.9 Å². The molecule has 0 unspecified atom stereocenters. The molecule has 1 aromatic carbocycles. The van der Waals surface area contributed by atoms with E-state index < -0.39 is 10.7 Å². The van der Waals surface area contributed by atoms with Crippen LogP contribution in [0.1, 0.15) is 5.89 Å². The summed E-state index contributed by atoms with van der Waals surface area (Å²) in [6.07, 6.45) is 0. The molecule has 0 aliphatic heterocycles. The minimum atomic E-state index is -3.22. The maximum atomic E-state index is 12.7. The number of fused-ring (bicyclic) bond motifs is 1. The lowest BCUT2D eigenvalue weighted by molar-refractivity contribution is 0.0824. The van der Waals surface area contributed by atoms with Gasteiger partial charge in [0.25, 0.3) is 5.89 Å². The summed E-state index contributed by atoms with van der Waals surface area (Å²) in [7, 11) is 0. The molecular formula is C8H3Br2F2NO. The van der Waals surface area contributed by atoms with Crippen molar-refractivity contribution in [3.05, 3.63) is 28.6 Å². The summed E-state index contributed by atoms with van der Waals surface area (Å²) in [5.74, 6) is -0.634. The summed E-state index contributed by atoms with van der Waals surface area (Å²) >= 11 is 5.39. The van der Waals surface area contributed by atoms with Gasteiger partial charge in [0.2, 0.25) is 0 Å². The lowest BCUT2D eigenvalue weighted by atomic mass is 10.3. The first-order chi connectivity index (χ1) is 6.47. The van der Waals surface area contributed by atoms with E-state index in [0.717, 1.165) is 4.47 Å². The van der Waals surface area contributed by atoms with Gasteiger partial charge in [-0.05, 0) is 18.2 Å². The molecule has 1 aromatic heterocycles. The Bertz CT molecular complexity index is 478. The van der Waals surface area contributed by atoms with E-state index in [0.29, 0.717) is 11.1 Å². The molecule has 0 aliphatic carbocycles. The zero-order valence-corrected chi connectivity index (χ0v) is 9.77. The van der Waals surface area contributed by atoms with E-state index in [1.807, 2.05) is 0 Å². The van der Waals surface area contributed by atoms with Crippen molar-refractivity contribution in [2.45, 2.75) is 4.83 Å². The molecule has 0 amide bonds. The van der Waals surface area contributed by atoms with E-state index in [-0.39, 0.29) is 0 Å². The van der Waals surface area contributed by atoms with E-state index in [2.05, 4.69) is 36.8 Å². The Morgan fingerprint density at radius 1 is 1.36 bits per heavy atom. The van der Waals surface area contributed by atoms with Crippen LogP contribution in [0.15, 0.2) is 27.1 Å². The number of rotatable bonds is 1. The van der Waals surface area contributed by atoms with Crippen LogP contribution in [-0.4, -0.2) is 4.98 Å². The molecule has 2 aromatic rings. The van der Waals surface area contributed by atoms with Gasteiger partial charge in [-0.15, -0.1) is 0 Å². The van der Waals surface area contributed by atoms with Gasteiger partial charge in [-0.25, -0.2) is 4.98 Å². The quantitative estimate of drug-likeness (QED) is 0.739. The predicted octanol–water partition coefficient (Wildman–Crippen LogP) is 4.03. The van der Waals surface area contributed by atoms with Crippen LogP contribution in [0.4, 0.5) is 8.78 Å². The van der Waals surface area contributed by atoms with Crippen molar-refractivity contribution in [2.24, 2.45) is 0 Å². The number of hydrogen-bond donors (Lipinski definition) is 0. The molecule has 2 rings (SSSR count). The van der Waals surface area contributed by atoms with Crippen molar-refractivity contribution < 1.29 is 13.2 Å². The fourth-order valence-electron chi connectivity index (χ4n) is 1.02. The normalized spacial score (nSPS) is 12.3. The van der Waals surface area contributed by atoms with Crippen molar-refractivity contribution in [3.8, 4) is 0 Å². The van der Waals surface area contributed by atoms with Gasteiger partial charge in [-0.1, -0.05) is 15.9 Å². The Balaban J connectivity index is 2.63. The topological polar surface area (TPSA) is 26.0 Å². The van der Waals surface area contributed by atoms with Crippen LogP contribution in [0, 0.1) is 0 Å². The largest absolute Gasteiger partial charge is 0.434 e. The fourth-order valence-corrected chi connectivity index (χ4v) is 1.54. The van der Waals surface area contributed by atoms with E-state index in [1.54, 1.807) is 18.2 Å². The van der Waals surface area contributed by atoms with Crippen molar-refractivity contribution in [3.63, 3.8) is 0 Å². The zero-order chi connectivity index (χ0) is 10.3. The molecule has 0 spiro atoms. The Morgan fingerprint density at radius 3 is 2.71 bits per heavy atom. The first-order valence-electron chi connectivity index (χ1n) is 3.60. The molecule has 0 N–H and O–H groups in total. The summed E-state index contributed by atoms with van der Waals surface area (Å²) in [5.41, 5.74) is 0.732. The molecule has 0 fully saturated rings. The van der Waals surface area contributed by atoms with Gasteiger partial charge in [0.1, 0.15) is 5.52 Å². The van der Waals surface area contributed by atoms with Gasteiger partial charge in [-0.3, -0.25) is 0 Å². The summed E-state index contributed by atoms with van der Waals surface area (Å²) < 4.78 is 31.1. The summed E-state index contributed by atoms with van der Waals surface area (Å²) in [6, 6.07) is 4.89. The Hall–Kier alpha value is -0.490. The minimum Gasteiger partial charge on any atom is -0.434 e. The summed E-state index contributed by atoms with van der Waals surface area (Å²) in [6.45, 7) is 0. The van der Waals surface area contributed by atoms with E-state index in [1.165, 1.54) is 0 Å². The van der Waals surface area contributed by atoms with Crippen LogP contribution in [0.3, 0.4) is 0 Å². The number of halogens is 4. The first kappa shape index (κ1) is 10.0. The molecular weight excluding hydrogens is 324 g/mol. The summed E-state index contributed by atoms with van der Waals surface area (Å²) in [4.78, 5) is 0.428. The maximum Gasteiger partial charge on any atom is 0.375 e. The molecule has 6 heteroatoms. The average molecular weight is 327 g/mol. The van der Waals surface area contributed by atoms with Crippen LogP contribution in [0.2, 0.25) is 0 Å². The van der Waals surface area contributed by atoms with E-state index >= 15 is 0 Å². The second kappa shape index (κ2) is 3.27. The Kier molecular flexibility index (Phi) is 2.35. The van der Waals surface area contributed by atoms with E-state index in [4.69, 9.17) is 4.42 Å². The molecule has 74 valence electrons. The lowest BCUT2D eigenvalue weighted by Gasteiger charge is -1.99. The van der Waals surface area contributed by atoms with Crippen molar-refractivity contribution in [2.75, 3.05) is 0 Å². The Labute approximate surface area is 94.6 Å². The maximum absolute atomic E-state index is 12.7. The highest BCUT2D eigenvalue weighted by Crippen LogP contribution is 2.35. The highest BCUT2D eigenvalue weighted by atomic mass is 79.9. The molecule has 1 heterocycles. The third-order valence-electron chi connectivity index (χ3n) is 1.59. The third-order valence-corrected chi connectivity index (χ3v) is 2.42. The van der Waals surface area contributed by atoms with Crippen molar-refractivity contribution >= 4 is 43.0 Å². The molecule has 0 saturated carbocycles. The minimum absolute atomic E-state index is 0.335. The van der Waals surface area contributed by atoms with Gasteiger partial charge in [0, 0.05) is 20.4 Å². The number of oxazole rings is 1. The van der Waals surface area contributed by atoms with Crippen LogP contribution in [0.5, 0.6) is 0 Å². The highest BCUT2D eigenvalue weighted by molar-refractivity contribution is 9.10. The SMILES string of the molecule is FC(F)(Br)c1nc2cc(Br)ccc2o1. The molecule has 0 bridgehead atoms. The number of aromatic nitrogens is 1. The van der Waals surface area contributed by atoms with Crippen molar-refractivity contribution in [1.29, 1.82) is 0 Å². The van der Waals surface area contributed by atoms with Gasteiger partial charge >= 0.3 is 4.83 Å². The standard InChI is InChI=1S/C8H3Br2F2NO/c9-4-1-2-6-5(3-4)13-7(14-6)8(10,11)12/h1-3H. The van der Waals surface area contributed by atoms with Gasteiger partial charge in [-0.2, -0.15) is 8.78 Å². The zero-order valence-electron chi connectivity index (χ0n) is 6.60. The monoisotopic (exact) mass is 325 g/mol. The first-order valence-corrected chi connectivity index (χ1v) is 5.19. The second-order valence-electron chi connectivity index (χ2n) is 2.63. The van der Waals surface area contributed by atoms with Crippen LogP contribution in [-0.2, 0) is 4.83 Å². The number of alkyl halides is 3. The van der Waals surface area contributed by atoms with Gasteiger partial charge in [0.05, 0.1) is 0 Å². The van der Waals surface area contributed by atoms with Crippen LogP contribution < -0.4 is 0 Å². The number of benzene rings is 1. The molecule has 0 saturated heterocycles. The van der Waals surface area contributed by atoms with Crippen LogP contribution in [0.25, 0.3) is 11.1 Å². The smallest absolute Gasteiger partial charge is 0.375 e. The van der Waals surface area contributed by atoms with E-state index in [9.17, 15) is 8.78 Å². The lowest BCUT2D eigenvalue weighted by Crippen LogP contribution is -2.01. The average Bonchev–Trinajstić information content (AvgIpc) is 2.45. The predicted molar refractivity (Wildman–Crippen MR) is 54.5 cm³/mol. The summed E-state index contributed by atoms with van der Waals surface area (Å²) in [5, 5.41) is 0. The third kappa shape index (κ3) is 1.81. The number of hydrogen-bond acceptors (Lipinski definition) is 2. The fraction of sp³-hybridized carbons (Fsp3) is 0.125. The second-order valence-corrected chi connectivity index (χ2v) is 4.54. The Morgan fingerprint density at radius 2 is 2.07 bits per heavy atom. The van der Waals surface area contributed by atoms with Gasteiger partial charge in [0.15, 0.2) is 5.58 Å². The number of nitrogens with zero attached hydrogens (tertiary/aromatic N) is 1. The molecule has 14 heavy (non-hydrogen) atoms. The molecule has 2 nitrogen and oxygen atoms in total. The molecule has 0 aliphatic rings. The highest BCUT2D eigenvalue weighted by Gasteiger charge is 2.33. The molecule has 0 radical (unpaired) electrons. The molecule has 0 atom stereocenters.